The van der Waals surface area contributed by atoms with Crippen LogP contribution in [0.5, 0.6) is 0 Å². The van der Waals surface area contributed by atoms with E-state index in [-0.39, 0.29) is 17.0 Å². The molecule has 0 aromatic heterocycles. The number of hydrogen-bond donors (Lipinski definition) is 0. The van der Waals surface area contributed by atoms with Crippen molar-refractivity contribution in [3.8, 4) is 0 Å². The lowest BCUT2D eigenvalue weighted by Crippen LogP contribution is -2.50. The summed E-state index contributed by atoms with van der Waals surface area (Å²) in [6.45, 7) is 5.86. The number of benzene rings is 1. The summed E-state index contributed by atoms with van der Waals surface area (Å²) in [5, 5.41) is 0. The Hall–Kier alpha value is -0.980. The highest BCUT2D eigenvalue weighted by atomic mass is 32.2. The molecule has 0 bridgehead atoms. The van der Waals surface area contributed by atoms with Crippen LogP contribution in [0.1, 0.15) is 19.4 Å². The smallest absolute Gasteiger partial charge is 0.243 e. The van der Waals surface area contributed by atoms with Crippen molar-refractivity contribution in [1.82, 2.24) is 4.31 Å². The van der Waals surface area contributed by atoms with E-state index in [4.69, 9.17) is 4.74 Å². The van der Waals surface area contributed by atoms with Crippen LogP contribution >= 0.6 is 0 Å². The van der Waals surface area contributed by atoms with Gasteiger partial charge in [0.25, 0.3) is 0 Å². The maximum absolute atomic E-state index is 13.5. The summed E-state index contributed by atoms with van der Waals surface area (Å²) in [5.74, 6) is -0.505. The number of halogens is 1. The first-order valence-electron chi connectivity index (χ1n) is 6.22. The molecule has 1 aliphatic rings. The molecule has 1 aromatic carbocycles. The van der Waals surface area contributed by atoms with Gasteiger partial charge in [0.1, 0.15) is 5.82 Å². The predicted octanol–water partition coefficient (Wildman–Crippen LogP) is 1.93. The number of nitrogens with zero attached hydrogens (tertiary/aromatic N) is 1. The molecule has 2 rings (SSSR count). The lowest BCUT2D eigenvalue weighted by atomic mass is 10.2. The summed E-state index contributed by atoms with van der Waals surface area (Å²) in [5.41, 5.74) is 0.433. The molecule has 1 heterocycles. The van der Waals surface area contributed by atoms with Crippen LogP contribution in [0.15, 0.2) is 23.1 Å². The van der Waals surface area contributed by atoms with Crippen molar-refractivity contribution in [1.29, 1.82) is 0 Å². The average Bonchev–Trinajstić information content (AvgIpc) is 2.35. The van der Waals surface area contributed by atoms with Crippen molar-refractivity contribution in [3.05, 3.63) is 29.6 Å². The van der Waals surface area contributed by atoms with Gasteiger partial charge in [-0.2, -0.15) is 4.31 Å². The minimum Gasteiger partial charge on any atom is -0.375 e. The van der Waals surface area contributed by atoms with Crippen molar-refractivity contribution in [3.63, 3.8) is 0 Å². The monoisotopic (exact) mass is 287 g/mol. The largest absolute Gasteiger partial charge is 0.375 e. The highest BCUT2D eigenvalue weighted by Gasteiger charge is 2.34. The third kappa shape index (κ3) is 2.80. The quantitative estimate of drug-likeness (QED) is 0.835. The van der Waals surface area contributed by atoms with E-state index in [1.54, 1.807) is 13.8 Å². The summed E-state index contributed by atoms with van der Waals surface area (Å²) in [7, 11) is -3.67. The molecule has 0 amide bonds. The fraction of sp³-hybridized carbons (Fsp3) is 0.538. The number of sulfonamides is 1. The number of aryl methyl sites for hydroxylation is 1. The van der Waals surface area contributed by atoms with Crippen molar-refractivity contribution in [2.24, 2.45) is 0 Å². The van der Waals surface area contributed by atoms with Gasteiger partial charge in [-0.15, -0.1) is 0 Å². The van der Waals surface area contributed by atoms with E-state index in [0.29, 0.717) is 18.7 Å². The molecule has 0 radical (unpaired) electrons. The second kappa shape index (κ2) is 5.19. The van der Waals surface area contributed by atoms with Gasteiger partial charge in [0, 0.05) is 12.6 Å². The third-order valence-electron chi connectivity index (χ3n) is 3.30. The van der Waals surface area contributed by atoms with E-state index < -0.39 is 15.8 Å². The predicted molar refractivity (Wildman–Crippen MR) is 69.9 cm³/mol. The number of ether oxygens (including phenoxy) is 1. The Morgan fingerprint density at radius 2 is 2.05 bits per heavy atom. The van der Waals surface area contributed by atoms with Crippen LogP contribution in [0.3, 0.4) is 0 Å². The first-order valence-corrected chi connectivity index (χ1v) is 7.66. The molecular weight excluding hydrogens is 269 g/mol. The van der Waals surface area contributed by atoms with Gasteiger partial charge in [0.2, 0.25) is 10.0 Å². The van der Waals surface area contributed by atoms with E-state index in [1.807, 2.05) is 6.92 Å². The highest BCUT2D eigenvalue weighted by Crippen LogP contribution is 2.23. The molecule has 0 spiro atoms. The number of hydrogen-bond acceptors (Lipinski definition) is 3. The molecule has 0 aliphatic carbocycles. The van der Waals surface area contributed by atoms with Gasteiger partial charge in [-0.05, 0) is 38.5 Å². The number of rotatable bonds is 2. The molecule has 2 unspecified atom stereocenters. The molecule has 106 valence electrons. The average molecular weight is 287 g/mol. The maximum Gasteiger partial charge on any atom is 0.243 e. The molecule has 2 atom stereocenters. The van der Waals surface area contributed by atoms with E-state index in [9.17, 15) is 12.8 Å². The van der Waals surface area contributed by atoms with Crippen LogP contribution < -0.4 is 0 Å². The Kier molecular flexibility index (Phi) is 3.94. The van der Waals surface area contributed by atoms with E-state index in [1.165, 1.54) is 16.4 Å². The fourth-order valence-corrected chi connectivity index (χ4v) is 3.78. The summed E-state index contributed by atoms with van der Waals surface area (Å²) < 4.78 is 45.4. The lowest BCUT2D eigenvalue weighted by molar-refractivity contribution is -0.0170. The zero-order chi connectivity index (χ0) is 14.2. The van der Waals surface area contributed by atoms with Gasteiger partial charge in [0.15, 0.2) is 0 Å². The molecule has 1 fully saturated rings. The van der Waals surface area contributed by atoms with Gasteiger partial charge >= 0.3 is 0 Å². The van der Waals surface area contributed by atoms with Gasteiger partial charge in [-0.3, -0.25) is 0 Å². The Morgan fingerprint density at radius 3 is 2.68 bits per heavy atom. The van der Waals surface area contributed by atoms with Crippen LogP contribution in [0.25, 0.3) is 0 Å². The van der Waals surface area contributed by atoms with Gasteiger partial charge in [-0.25, -0.2) is 12.8 Å². The molecular formula is C13H18FNO3S. The topological polar surface area (TPSA) is 46.6 Å². The van der Waals surface area contributed by atoms with Crippen LogP contribution in [-0.4, -0.2) is 38.0 Å². The lowest BCUT2D eigenvalue weighted by Gasteiger charge is -2.35. The standard InChI is InChI=1S/C13H18FNO3S/c1-9-4-5-12(6-13(9)14)19(16,17)15-7-11(3)18-8-10(15)2/h4-6,10-11H,7-8H2,1-3H3. The first kappa shape index (κ1) is 14.4. The van der Waals surface area contributed by atoms with E-state index in [2.05, 4.69) is 0 Å². The molecule has 6 heteroatoms. The molecule has 0 saturated carbocycles. The van der Waals surface area contributed by atoms with Crippen LogP contribution in [0.4, 0.5) is 4.39 Å². The molecule has 0 N–H and O–H groups in total. The van der Waals surface area contributed by atoms with Gasteiger partial charge in [-0.1, -0.05) is 6.07 Å². The normalized spacial score (nSPS) is 25.5. The van der Waals surface area contributed by atoms with Crippen molar-refractivity contribution >= 4 is 10.0 Å². The number of morpholine rings is 1. The summed E-state index contributed by atoms with van der Waals surface area (Å²) in [6, 6.07) is 3.76. The molecule has 19 heavy (non-hydrogen) atoms. The SMILES string of the molecule is Cc1ccc(S(=O)(=O)N2CC(C)OCC2C)cc1F. The zero-order valence-electron chi connectivity index (χ0n) is 11.3. The zero-order valence-corrected chi connectivity index (χ0v) is 12.1. The minimum absolute atomic E-state index is 0.00319. The second-order valence-electron chi connectivity index (χ2n) is 4.98. The Labute approximate surface area is 113 Å². The van der Waals surface area contributed by atoms with Crippen LogP contribution in [0, 0.1) is 12.7 Å². The second-order valence-corrected chi connectivity index (χ2v) is 6.87. The van der Waals surface area contributed by atoms with Gasteiger partial charge < -0.3 is 4.74 Å². The van der Waals surface area contributed by atoms with E-state index >= 15 is 0 Å². The fourth-order valence-electron chi connectivity index (χ4n) is 2.08. The Morgan fingerprint density at radius 1 is 1.37 bits per heavy atom. The maximum atomic E-state index is 13.5. The first-order chi connectivity index (χ1) is 8.82. The molecule has 1 saturated heterocycles. The minimum atomic E-state index is -3.67. The summed E-state index contributed by atoms with van der Waals surface area (Å²) in [6.07, 6.45) is -0.152. The van der Waals surface area contributed by atoms with Crippen molar-refractivity contribution in [2.75, 3.05) is 13.2 Å². The van der Waals surface area contributed by atoms with Gasteiger partial charge in [0.05, 0.1) is 17.6 Å². The Balaban J connectivity index is 2.38. The van der Waals surface area contributed by atoms with Crippen LogP contribution in [-0.2, 0) is 14.8 Å². The molecule has 1 aromatic rings. The van der Waals surface area contributed by atoms with Crippen molar-refractivity contribution in [2.45, 2.75) is 37.8 Å². The summed E-state index contributed by atoms with van der Waals surface area (Å²) in [4.78, 5) is -0.00319. The third-order valence-corrected chi connectivity index (χ3v) is 5.28. The highest BCUT2D eigenvalue weighted by molar-refractivity contribution is 7.89. The summed E-state index contributed by atoms with van der Waals surface area (Å²) >= 11 is 0. The van der Waals surface area contributed by atoms with Crippen molar-refractivity contribution < 1.29 is 17.5 Å². The molecule has 4 nitrogen and oxygen atoms in total. The van der Waals surface area contributed by atoms with Crippen LogP contribution in [0.2, 0.25) is 0 Å². The van der Waals surface area contributed by atoms with E-state index in [0.717, 1.165) is 6.07 Å². The molecule has 1 aliphatic heterocycles. The Bertz CT molecular complexity index is 573.